The summed E-state index contributed by atoms with van der Waals surface area (Å²) in [5, 5.41) is 0. The van der Waals surface area contributed by atoms with Crippen molar-refractivity contribution in [1.82, 2.24) is 9.21 Å². The molecule has 1 aliphatic heterocycles. The zero-order chi connectivity index (χ0) is 19.9. The van der Waals surface area contributed by atoms with Gasteiger partial charge in [0.15, 0.2) is 6.61 Å². The van der Waals surface area contributed by atoms with Crippen molar-refractivity contribution < 1.29 is 27.5 Å². The molecule has 2 rings (SSSR count). The second-order valence-electron chi connectivity index (χ2n) is 6.47. The minimum atomic E-state index is -3.24. The lowest BCUT2D eigenvalue weighted by Gasteiger charge is -2.33. The minimum absolute atomic E-state index is 0.168. The molecule has 8 nitrogen and oxygen atoms in total. The lowest BCUT2D eigenvalue weighted by Crippen LogP contribution is -2.51. The first-order chi connectivity index (χ1) is 12.8. The maximum Gasteiger partial charge on any atom is 0.306 e. The topological polar surface area (TPSA) is 93.2 Å². The number of aryl methyl sites for hydroxylation is 1. The van der Waals surface area contributed by atoms with Crippen molar-refractivity contribution in [2.75, 3.05) is 45.6 Å². The molecule has 0 bridgehead atoms. The summed E-state index contributed by atoms with van der Waals surface area (Å²) in [6.45, 7) is 3.16. The Labute approximate surface area is 160 Å². The summed E-state index contributed by atoms with van der Waals surface area (Å²) in [6.07, 6.45) is 1.81. The van der Waals surface area contributed by atoms with Crippen LogP contribution in [0.1, 0.15) is 18.4 Å². The fourth-order valence-electron chi connectivity index (χ4n) is 2.69. The van der Waals surface area contributed by atoms with Crippen LogP contribution in [0.3, 0.4) is 0 Å². The van der Waals surface area contributed by atoms with Gasteiger partial charge in [-0.05, 0) is 31.0 Å². The molecule has 0 N–H and O–H groups in total. The Bertz CT molecular complexity index is 757. The van der Waals surface area contributed by atoms with Crippen LogP contribution in [0.5, 0.6) is 5.75 Å². The third-order valence-electron chi connectivity index (χ3n) is 4.20. The number of carbonyl (C=O) groups is 2. The lowest BCUT2D eigenvalue weighted by atomic mass is 10.2. The molecule has 0 aliphatic carbocycles. The van der Waals surface area contributed by atoms with E-state index in [-0.39, 0.29) is 32.0 Å². The molecular formula is C18H26N2O6S. The number of amides is 1. The van der Waals surface area contributed by atoms with Gasteiger partial charge in [0.05, 0.1) is 12.9 Å². The highest BCUT2D eigenvalue weighted by Crippen LogP contribution is 2.13. The number of carbonyl (C=O) groups excluding carboxylic acids is 2. The quantitative estimate of drug-likeness (QED) is 0.475. The molecule has 0 spiro atoms. The van der Waals surface area contributed by atoms with Crippen molar-refractivity contribution in [2.24, 2.45) is 0 Å². The summed E-state index contributed by atoms with van der Waals surface area (Å²) in [5.41, 5.74) is 1.10. The summed E-state index contributed by atoms with van der Waals surface area (Å²) < 4.78 is 34.8. The highest BCUT2D eigenvalue weighted by atomic mass is 32.2. The van der Waals surface area contributed by atoms with E-state index in [2.05, 4.69) is 0 Å². The number of ether oxygens (including phenoxy) is 2. The predicted octanol–water partition coefficient (Wildman–Crippen LogP) is 0.801. The van der Waals surface area contributed by atoms with Crippen LogP contribution in [0.2, 0.25) is 0 Å². The van der Waals surface area contributed by atoms with Crippen LogP contribution < -0.4 is 4.74 Å². The van der Waals surface area contributed by atoms with Crippen LogP contribution in [0.4, 0.5) is 0 Å². The number of benzene rings is 1. The maximum absolute atomic E-state index is 12.1. The van der Waals surface area contributed by atoms with E-state index in [0.29, 0.717) is 26.1 Å². The van der Waals surface area contributed by atoms with Crippen molar-refractivity contribution in [3.05, 3.63) is 29.8 Å². The molecule has 27 heavy (non-hydrogen) atoms. The zero-order valence-corrected chi connectivity index (χ0v) is 16.5. The van der Waals surface area contributed by atoms with E-state index >= 15 is 0 Å². The van der Waals surface area contributed by atoms with Crippen molar-refractivity contribution in [3.8, 4) is 5.75 Å². The van der Waals surface area contributed by atoms with Gasteiger partial charge in [0.25, 0.3) is 5.91 Å². The fraction of sp³-hybridized carbons (Fsp3) is 0.556. The average molecular weight is 398 g/mol. The van der Waals surface area contributed by atoms with Gasteiger partial charge in [0.2, 0.25) is 10.0 Å². The summed E-state index contributed by atoms with van der Waals surface area (Å²) in [4.78, 5) is 25.3. The summed E-state index contributed by atoms with van der Waals surface area (Å²) in [5.74, 6) is -0.00902. The molecule has 1 saturated heterocycles. The first kappa shape index (κ1) is 21.2. The minimum Gasteiger partial charge on any atom is -0.494 e. The number of hydrogen-bond acceptors (Lipinski definition) is 6. The highest BCUT2D eigenvalue weighted by molar-refractivity contribution is 7.88. The van der Waals surface area contributed by atoms with Crippen LogP contribution in [-0.4, -0.2) is 75.1 Å². The van der Waals surface area contributed by atoms with E-state index < -0.39 is 16.0 Å². The first-order valence-electron chi connectivity index (χ1n) is 8.83. The Morgan fingerprint density at radius 3 is 2.48 bits per heavy atom. The van der Waals surface area contributed by atoms with Crippen molar-refractivity contribution in [3.63, 3.8) is 0 Å². The van der Waals surface area contributed by atoms with Crippen LogP contribution in [0.15, 0.2) is 24.3 Å². The molecule has 0 saturated carbocycles. The second-order valence-corrected chi connectivity index (χ2v) is 8.45. The molecule has 0 unspecified atom stereocenters. The summed E-state index contributed by atoms with van der Waals surface area (Å²) in [7, 11) is -3.24. The van der Waals surface area contributed by atoms with Crippen LogP contribution in [0.25, 0.3) is 0 Å². The number of piperazine rings is 1. The van der Waals surface area contributed by atoms with Gasteiger partial charge >= 0.3 is 5.97 Å². The first-order valence-corrected chi connectivity index (χ1v) is 10.7. The molecule has 9 heteroatoms. The summed E-state index contributed by atoms with van der Waals surface area (Å²) >= 11 is 0. The van der Waals surface area contributed by atoms with Crippen molar-refractivity contribution in [1.29, 1.82) is 0 Å². The molecule has 0 radical (unpaired) electrons. The number of rotatable bonds is 8. The number of sulfonamides is 1. The van der Waals surface area contributed by atoms with Gasteiger partial charge in [0, 0.05) is 32.6 Å². The molecule has 1 heterocycles. The monoisotopic (exact) mass is 398 g/mol. The third-order valence-corrected chi connectivity index (χ3v) is 5.50. The van der Waals surface area contributed by atoms with E-state index in [1.54, 1.807) is 0 Å². The number of esters is 1. The van der Waals surface area contributed by atoms with Crippen molar-refractivity contribution >= 4 is 21.9 Å². The normalized spacial score (nSPS) is 15.4. The zero-order valence-electron chi connectivity index (χ0n) is 15.7. The van der Waals surface area contributed by atoms with Gasteiger partial charge in [-0.2, -0.15) is 4.31 Å². The lowest BCUT2D eigenvalue weighted by molar-refractivity contribution is -0.152. The van der Waals surface area contributed by atoms with E-state index in [0.717, 1.165) is 17.6 Å². The Balaban J connectivity index is 1.60. The molecule has 1 fully saturated rings. The van der Waals surface area contributed by atoms with Crippen LogP contribution in [-0.2, 0) is 24.3 Å². The standard InChI is InChI=1S/C18H26N2O6S/c1-15-5-3-6-16(13-15)25-12-4-7-18(22)26-14-17(21)19-8-10-20(11-9-19)27(2,23)24/h3,5-6,13H,4,7-12,14H2,1-2H3. The predicted molar refractivity (Wildman–Crippen MR) is 99.9 cm³/mol. The molecule has 1 aliphatic rings. The second kappa shape index (κ2) is 9.70. The van der Waals surface area contributed by atoms with Crippen LogP contribution >= 0.6 is 0 Å². The number of hydrogen-bond donors (Lipinski definition) is 0. The van der Waals surface area contributed by atoms with E-state index in [4.69, 9.17) is 9.47 Å². The maximum atomic E-state index is 12.1. The fourth-order valence-corrected chi connectivity index (χ4v) is 3.51. The molecule has 1 amide bonds. The Hall–Kier alpha value is -2.13. The Morgan fingerprint density at radius 1 is 1.15 bits per heavy atom. The van der Waals surface area contributed by atoms with E-state index in [9.17, 15) is 18.0 Å². The SMILES string of the molecule is Cc1cccc(OCCCC(=O)OCC(=O)N2CCN(S(C)(=O)=O)CC2)c1. The summed E-state index contributed by atoms with van der Waals surface area (Å²) in [6, 6.07) is 7.65. The van der Waals surface area contributed by atoms with Gasteiger partial charge in [-0.25, -0.2) is 8.42 Å². The highest BCUT2D eigenvalue weighted by Gasteiger charge is 2.26. The third kappa shape index (κ3) is 7.18. The Morgan fingerprint density at radius 2 is 1.85 bits per heavy atom. The smallest absolute Gasteiger partial charge is 0.306 e. The number of nitrogens with zero attached hydrogens (tertiary/aromatic N) is 2. The van der Waals surface area contributed by atoms with Gasteiger partial charge < -0.3 is 14.4 Å². The van der Waals surface area contributed by atoms with Gasteiger partial charge in [0.1, 0.15) is 5.75 Å². The molecule has 1 aromatic rings. The van der Waals surface area contributed by atoms with E-state index in [1.165, 1.54) is 9.21 Å². The largest absolute Gasteiger partial charge is 0.494 e. The Kier molecular flexibility index (Phi) is 7.61. The molecule has 0 atom stereocenters. The van der Waals surface area contributed by atoms with Crippen molar-refractivity contribution in [2.45, 2.75) is 19.8 Å². The van der Waals surface area contributed by atoms with Crippen LogP contribution in [0, 0.1) is 6.92 Å². The molecule has 0 aromatic heterocycles. The molecule has 150 valence electrons. The van der Waals surface area contributed by atoms with E-state index in [1.807, 2.05) is 31.2 Å². The molecular weight excluding hydrogens is 372 g/mol. The molecule has 1 aromatic carbocycles. The van der Waals surface area contributed by atoms with Gasteiger partial charge in [-0.3, -0.25) is 9.59 Å². The van der Waals surface area contributed by atoms with Gasteiger partial charge in [-0.15, -0.1) is 0 Å². The van der Waals surface area contributed by atoms with Gasteiger partial charge in [-0.1, -0.05) is 12.1 Å². The average Bonchev–Trinajstić information content (AvgIpc) is 2.63.